The Hall–Kier alpha value is -11.1. The minimum absolute atomic E-state index is 0.0561. The number of benzene rings is 4. The maximum absolute atomic E-state index is 14.0. The second-order valence-corrected chi connectivity index (χ2v) is 38.4. The van der Waals surface area contributed by atoms with Crippen molar-refractivity contribution < 1.29 is 90.6 Å². The second-order valence-electron chi connectivity index (χ2n) is 38.4. The molecular weight excluding hydrogens is 1640 g/mol. The molecule has 12 rings (SSSR count). The Labute approximate surface area is 771 Å². The summed E-state index contributed by atoms with van der Waals surface area (Å²) in [5.41, 5.74) is 8.67. The van der Waals surface area contributed by atoms with E-state index in [2.05, 4.69) is 85.6 Å². The number of Topliss-reactive ketones (excluding diaryl/α,β-unsaturated/α-hetero) is 2. The van der Waals surface area contributed by atoms with Crippen LogP contribution in [-0.4, -0.2) is 126 Å². The predicted octanol–water partition coefficient (Wildman–Crippen LogP) is 22.4. The van der Waals surface area contributed by atoms with Crippen LogP contribution in [0.4, 0.5) is 11.4 Å². The van der Waals surface area contributed by atoms with E-state index in [0.29, 0.717) is 41.3 Å². The number of ketones is 2. The van der Waals surface area contributed by atoms with Crippen LogP contribution in [0, 0.1) is 33.5 Å². The molecule has 5 unspecified atom stereocenters. The number of esters is 7. The summed E-state index contributed by atoms with van der Waals surface area (Å²) in [5, 5.41) is 0. The van der Waals surface area contributed by atoms with Gasteiger partial charge >= 0.3 is 41.8 Å². The van der Waals surface area contributed by atoms with Gasteiger partial charge in [-0.1, -0.05) is 195 Å². The van der Waals surface area contributed by atoms with E-state index < -0.39 is 71.2 Å². The molecule has 21 heteroatoms. The summed E-state index contributed by atoms with van der Waals surface area (Å²) in [5.74, 6) is -1.45. The van der Waals surface area contributed by atoms with Gasteiger partial charge in [0.05, 0.1) is 47.9 Å². The van der Waals surface area contributed by atoms with E-state index in [4.69, 9.17) is 37.9 Å². The van der Waals surface area contributed by atoms with Crippen molar-refractivity contribution in [2.24, 2.45) is 33.5 Å². The summed E-state index contributed by atoms with van der Waals surface area (Å²) < 4.78 is 45.9. The highest BCUT2D eigenvalue weighted by Gasteiger charge is 2.62. The Morgan fingerprint density at radius 1 is 0.423 bits per heavy atom. The van der Waals surface area contributed by atoms with Gasteiger partial charge < -0.3 is 47.7 Å². The van der Waals surface area contributed by atoms with Gasteiger partial charge in [-0.2, -0.15) is 0 Å². The van der Waals surface area contributed by atoms with E-state index in [0.717, 1.165) is 118 Å². The number of amides is 2. The van der Waals surface area contributed by atoms with Crippen LogP contribution in [0.1, 0.15) is 286 Å². The zero-order valence-electron chi connectivity index (χ0n) is 79.7. The zero-order chi connectivity index (χ0) is 95.0. The van der Waals surface area contributed by atoms with Crippen LogP contribution in [0.5, 0.6) is 0 Å². The maximum Gasteiger partial charge on any atom is 0.307 e. The number of hydrogen-bond acceptors (Lipinski definition) is 19. The average Bonchev–Trinajstić information content (AvgIpc) is 1.45. The fraction of sp³-hybridized carbons (Fsp3) is 0.514. The molecule has 700 valence electrons. The van der Waals surface area contributed by atoms with Gasteiger partial charge in [-0.15, -0.1) is 0 Å². The summed E-state index contributed by atoms with van der Waals surface area (Å²) in [6, 6.07) is 34.2. The molecule has 0 bridgehead atoms. The summed E-state index contributed by atoms with van der Waals surface area (Å²) >= 11 is 0. The van der Waals surface area contributed by atoms with Gasteiger partial charge in [-0.05, 0) is 224 Å². The van der Waals surface area contributed by atoms with Crippen molar-refractivity contribution in [3.8, 4) is 0 Å². The second kappa shape index (κ2) is 47.1. The first-order valence-corrected chi connectivity index (χ1v) is 46.5. The number of carbonyl (C=O) groups is 11. The number of ether oxygens (including phenoxy) is 8. The van der Waals surface area contributed by atoms with Crippen molar-refractivity contribution >= 4 is 76.5 Å². The number of para-hydroxylation sites is 2. The molecular formula is C109H140N2O19. The number of cyclic esters (lactones) is 3. The van der Waals surface area contributed by atoms with E-state index in [1.165, 1.54) is 68.4 Å². The van der Waals surface area contributed by atoms with Crippen molar-refractivity contribution in [1.82, 2.24) is 0 Å². The lowest BCUT2D eigenvalue weighted by Crippen LogP contribution is -2.58. The molecule has 4 saturated heterocycles. The van der Waals surface area contributed by atoms with Gasteiger partial charge in [0, 0.05) is 93.1 Å². The van der Waals surface area contributed by atoms with E-state index in [1.54, 1.807) is 82.6 Å². The highest BCUT2D eigenvalue weighted by molar-refractivity contribution is 6.09. The molecule has 4 aliphatic carbocycles. The molecule has 0 aromatic heterocycles. The number of rotatable bonds is 28. The van der Waals surface area contributed by atoms with Crippen molar-refractivity contribution in [3.05, 3.63) is 239 Å². The fourth-order valence-corrected chi connectivity index (χ4v) is 19.9. The van der Waals surface area contributed by atoms with Crippen molar-refractivity contribution in [2.45, 2.75) is 326 Å². The topological polar surface area (TPSA) is 268 Å². The normalized spacial score (nSPS) is 26.6. The smallest absolute Gasteiger partial charge is 0.307 e. The molecule has 4 heterocycles. The van der Waals surface area contributed by atoms with E-state index in [1.807, 2.05) is 102 Å². The predicted molar refractivity (Wildman–Crippen MR) is 505 cm³/mol. The Morgan fingerprint density at radius 2 is 0.769 bits per heavy atom. The standard InChI is InChI=1S/2C33H37NO6.C22H32O3.C21H34O4/c2*1-22(2)12-11-13-23(3)18-30-33(21-31(37)40-30)20-28(39-24(4)35)27(19-29(33)36)34(26-16-9-6-10-17-26)32(38)25-14-7-5-8-15-25;1-15(2)8-7-9-16(3)12-21-22(13-18(5)24-21)14-20(25-19(6)23)11-10-17(22)4;1-14(2)7-6-8-15(3)11-19-21(13-20(23)25-19)12-18(24-17(5)22)10-9-16(21)4/h2*5-10,12,14-18,27-28,30H,11,13,19-21H2,1-4H3;8,12,20-21H,4-5,7,9-11,13-14H2,1-3,6H3;14-15,18-19H,4,6-13H2,1-3,5H3/b2*23-18+;16-12+;/t27-,28+,30-,33?;27-,28-,30+,33?;20-,21-,22?;15?,18-,19-,21?/m1011/s1. The fourth-order valence-electron chi connectivity index (χ4n) is 19.9. The monoisotopic (exact) mass is 1780 g/mol. The Morgan fingerprint density at radius 3 is 1.14 bits per heavy atom. The van der Waals surface area contributed by atoms with Crippen LogP contribution in [-0.2, 0) is 81.0 Å². The molecule has 15 atom stereocenters. The summed E-state index contributed by atoms with van der Waals surface area (Å²) in [4.78, 5) is 144. The molecule has 4 aromatic rings. The Bertz CT molecular complexity index is 4700. The first kappa shape index (κ1) is 103. The van der Waals surface area contributed by atoms with Gasteiger partial charge in [0.15, 0.2) is 0 Å². The molecule has 4 saturated carbocycles. The lowest BCUT2D eigenvalue weighted by atomic mass is 9.64. The SMILES string of the molecule is C=C1CC2(C[C@H](OC(C)=O)CCC2=C)[C@@H](/C=C(\C)CCC=C(C)C)O1.C=C1CC[C@@H](OC(C)=O)CC12CC(=O)O[C@@H]2CC(C)CCCC(C)C.CC(=O)O[C@H]1CC2(CC(=O)O[C@@H]2/C=C(\C)CCC=C(C)C)C(=O)C[C@@H]1N(C(=O)c1ccccc1)c1ccccc1.CC(=O)O[C@H]1CC2(CC(=O)O[C@@H]2/C=C(\C)CCC=C(C)C)C(=O)C[C@H]1N(C(=O)c1ccccc1)c1ccccc1. The first-order valence-electron chi connectivity index (χ1n) is 46.5. The molecule has 8 aliphatic rings. The minimum atomic E-state index is -1.16. The van der Waals surface area contributed by atoms with Crippen LogP contribution in [0.3, 0.4) is 0 Å². The third kappa shape index (κ3) is 27.5. The van der Waals surface area contributed by atoms with Gasteiger partial charge in [0.25, 0.3) is 11.8 Å². The lowest BCUT2D eigenvalue weighted by Gasteiger charge is -2.45. The first-order chi connectivity index (χ1) is 61.7. The molecule has 2 amide bonds. The Balaban J connectivity index is 0.000000200. The van der Waals surface area contributed by atoms with Crippen molar-refractivity contribution in [2.75, 3.05) is 9.80 Å². The third-order valence-electron chi connectivity index (χ3n) is 26.4. The molecule has 4 spiro atoms. The van der Waals surface area contributed by atoms with Gasteiger partial charge in [-0.3, -0.25) is 52.7 Å². The lowest BCUT2D eigenvalue weighted by molar-refractivity contribution is -0.157. The Kier molecular flexibility index (Phi) is 37.2. The molecule has 0 N–H and O–H groups in total. The molecule has 4 aromatic carbocycles. The molecule has 4 aliphatic heterocycles. The number of carbonyl (C=O) groups excluding carboxylic acids is 11. The summed E-state index contributed by atoms with van der Waals surface area (Å²) in [6.45, 7) is 43.5. The van der Waals surface area contributed by atoms with Gasteiger partial charge in [-0.25, -0.2) is 0 Å². The van der Waals surface area contributed by atoms with Crippen LogP contribution < -0.4 is 9.80 Å². The number of nitrogens with zero attached hydrogens (tertiary/aromatic N) is 2. The molecule has 8 fully saturated rings. The number of allylic oxidation sites excluding steroid dienone is 10. The van der Waals surface area contributed by atoms with E-state index in [-0.39, 0.29) is 115 Å². The zero-order valence-corrected chi connectivity index (χ0v) is 79.7. The van der Waals surface area contributed by atoms with Crippen molar-refractivity contribution in [1.29, 1.82) is 0 Å². The van der Waals surface area contributed by atoms with Crippen molar-refractivity contribution in [3.63, 3.8) is 0 Å². The quantitative estimate of drug-likeness (QED) is 0.0290. The highest BCUT2D eigenvalue weighted by atomic mass is 16.6. The minimum Gasteiger partial charge on any atom is -0.490 e. The summed E-state index contributed by atoms with van der Waals surface area (Å²) in [6.07, 6.45) is 24.5. The largest absolute Gasteiger partial charge is 0.490 e. The van der Waals surface area contributed by atoms with Crippen LogP contribution >= 0.6 is 0 Å². The van der Waals surface area contributed by atoms with E-state index >= 15 is 0 Å². The molecule has 130 heavy (non-hydrogen) atoms. The molecule has 21 nitrogen and oxygen atoms in total. The van der Waals surface area contributed by atoms with Gasteiger partial charge in [0.1, 0.15) is 60.4 Å². The van der Waals surface area contributed by atoms with Crippen LogP contribution in [0.2, 0.25) is 0 Å². The van der Waals surface area contributed by atoms with Crippen LogP contribution in [0.15, 0.2) is 228 Å². The number of anilines is 2. The number of hydrogen-bond donors (Lipinski definition) is 0. The third-order valence-corrected chi connectivity index (χ3v) is 26.4. The average molecular weight is 1780 g/mol. The van der Waals surface area contributed by atoms with Gasteiger partial charge in [0.2, 0.25) is 0 Å². The maximum atomic E-state index is 14.0. The summed E-state index contributed by atoms with van der Waals surface area (Å²) in [7, 11) is 0. The van der Waals surface area contributed by atoms with Crippen LogP contribution in [0.25, 0.3) is 0 Å². The molecule has 0 radical (unpaired) electrons. The van der Waals surface area contributed by atoms with E-state index in [9.17, 15) is 52.7 Å². The highest BCUT2D eigenvalue weighted by Crippen LogP contribution is 2.57.